The van der Waals surface area contributed by atoms with Gasteiger partial charge in [0.05, 0.1) is 23.1 Å². The maximum atomic E-state index is 12.4. The van der Waals surface area contributed by atoms with Gasteiger partial charge in [0.2, 0.25) is 0 Å². The van der Waals surface area contributed by atoms with Crippen molar-refractivity contribution < 1.29 is 4.79 Å². The average molecular weight is 299 g/mol. The molecule has 0 aliphatic carbocycles. The van der Waals surface area contributed by atoms with E-state index in [-0.39, 0.29) is 11.9 Å². The molecule has 2 aromatic rings. The summed E-state index contributed by atoms with van der Waals surface area (Å²) in [5, 5.41) is 7.47. The molecule has 1 unspecified atom stereocenters. The molecule has 1 N–H and O–H groups in total. The summed E-state index contributed by atoms with van der Waals surface area (Å²) in [5.74, 6) is -0.0313. The van der Waals surface area contributed by atoms with Crippen molar-refractivity contribution in [2.75, 3.05) is 0 Å². The van der Waals surface area contributed by atoms with Gasteiger partial charge in [-0.15, -0.1) is 0 Å². The van der Waals surface area contributed by atoms with Crippen molar-refractivity contribution in [3.05, 3.63) is 47.3 Å². The van der Waals surface area contributed by atoms with Crippen molar-refractivity contribution >= 4 is 5.91 Å². The van der Waals surface area contributed by atoms with Crippen LogP contribution in [0.3, 0.4) is 0 Å². The Morgan fingerprint density at radius 3 is 2.55 bits per heavy atom. The van der Waals surface area contributed by atoms with Crippen molar-refractivity contribution in [3.8, 4) is 5.69 Å². The van der Waals surface area contributed by atoms with Crippen molar-refractivity contribution in [1.29, 1.82) is 0 Å². The van der Waals surface area contributed by atoms with Gasteiger partial charge in [-0.25, -0.2) is 4.68 Å². The molecule has 0 spiro atoms. The van der Waals surface area contributed by atoms with Gasteiger partial charge in [0, 0.05) is 6.04 Å². The van der Waals surface area contributed by atoms with E-state index in [0.29, 0.717) is 5.56 Å². The normalized spacial score (nSPS) is 12.2. The smallest absolute Gasteiger partial charge is 0.254 e. The minimum Gasteiger partial charge on any atom is -0.349 e. The van der Waals surface area contributed by atoms with Gasteiger partial charge < -0.3 is 5.32 Å². The maximum Gasteiger partial charge on any atom is 0.254 e. The van der Waals surface area contributed by atoms with Crippen molar-refractivity contribution in [1.82, 2.24) is 15.1 Å². The Bertz CT molecular complexity index is 628. The number of carbonyl (C=O) groups excluding carboxylic acids is 1. The van der Waals surface area contributed by atoms with Gasteiger partial charge in [-0.2, -0.15) is 5.10 Å². The number of hydrogen-bond acceptors (Lipinski definition) is 2. The molecular formula is C18H25N3O. The zero-order valence-corrected chi connectivity index (χ0v) is 13.9. The minimum absolute atomic E-state index is 0.0313. The van der Waals surface area contributed by atoms with Crippen LogP contribution in [-0.4, -0.2) is 21.7 Å². The summed E-state index contributed by atoms with van der Waals surface area (Å²) in [6.45, 7) is 8.27. The predicted molar refractivity (Wildman–Crippen MR) is 89.5 cm³/mol. The van der Waals surface area contributed by atoms with Gasteiger partial charge in [0.15, 0.2) is 0 Å². The molecule has 4 heteroatoms. The third-order valence-corrected chi connectivity index (χ3v) is 3.83. The first-order valence-corrected chi connectivity index (χ1v) is 8.01. The fourth-order valence-electron chi connectivity index (χ4n) is 2.62. The second kappa shape index (κ2) is 7.25. The van der Waals surface area contributed by atoms with E-state index in [4.69, 9.17) is 0 Å². The van der Waals surface area contributed by atoms with Crippen LogP contribution in [0.25, 0.3) is 5.69 Å². The molecule has 0 saturated heterocycles. The van der Waals surface area contributed by atoms with Gasteiger partial charge in [-0.05, 0) is 38.8 Å². The molecule has 1 aromatic heterocycles. The SMILES string of the molecule is CCCC(C)NC(=O)c1cnn(-c2ccc(C)cc2)c1CC. The Morgan fingerprint density at radius 1 is 1.27 bits per heavy atom. The summed E-state index contributed by atoms with van der Waals surface area (Å²) in [6.07, 6.45) is 4.48. The molecule has 2 rings (SSSR count). The highest BCUT2D eigenvalue weighted by molar-refractivity contribution is 5.95. The minimum atomic E-state index is -0.0313. The molecular weight excluding hydrogens is 274 g/mol. The van der Waals surface area contributed by atoms with Crippen LogP contribution in [0.4, 0.5) is 0 Å². The van der Waals surface area contributed by atoms with Gasteiger partial charge >= 0.3 is 0 Å². The van der Waals surface area contributed by atoms with Crippen LogP contribution in [0.1, 0.15) is 55.2 Å². The van der Waals surface area contributed by atoms with Crippen molar-refractivity contribution in [2.45, 2.75) is 53.0 Å². The van der Waals surface area contributed by atoms with E-state index in [1.807, 2.05) is 30.7 Å². The molecule has 118 valence electrons. The number of aryl methyl sites for hydroxylation is 1. The number of carbonyl (C=O) groups is 1. The first-order valence-electron chi connectivity index (χ1n) is 8.01. The maximum absolute atomic E-state index is 12.4. The first-order chi connectivity index (χ1) is 10.6. The summed E-state index contributed by atoms with van der Waals surface area (Å²) in [7, 11) is 0. The molecule has 4 nitrogen and oxygen atoms in total. The zero-order valence-electron chi connectivity index (χ0n) is 13.9. The zero-order chi connectivity index (χ0) is 16.1. The number of benzene rings is 1. The standard InChI is InChI=1S/C18H25N3O/c1-5-7-14(4)20-18(22)16-12-19-21(17(16)6-2)15-10-8-13(3)9-11-15/h8-12,14H,5-7H2,1-4H3,(H,20,22). The molecule has 0 radical (unpaired) electrons. The molecule has 1 atom stereocenters. The second-order valence-electron chi connectivity index (χ2n) is 5.77. The molecule has 0 bridgehead atoms. The van der Waals surface area contributed by atoms with E-state index in [9.17, 15) is 4.79 Å². The fraction of sp³-hybridized carbons (Fsp3) is 0.444. The van der Waals surface area contributed by atoms with Crippen LogP contribution in [0, 0.1) is 6.92 Å². The summed E-state index contributed by atoms with van der Waals surface area (Å²) < 4.78 is 1.86. The van der Waals surface area contributed by atoms with Crippen molar-refractivity contribution in [3.63, 3.8) is 0 Å². The molecule has 0 aliphatic heterocycles. The third kappa shape index (κ3) is 3.56. The topological polar surface area (TPSA) is 46.9 Å². The van der Waals surface area contributed by atoms with Crippen LogP contribution in [-0.2, 0) is 6.42 Å². The average Bonchev–Trinajstić information content (AvgIpc) is 2.92. The molecule has 0 fully saturated rings. The van der Waals surface area contributed by atoms with E-state index in [2.05, 4.69) is 36.4 Å². The molecule has 1 aromatic carbocycles. The highest BCUT2D eigenvalue weighted by Gasteiger charge is 2.18. The van der Waals surface area contributed by atoms with Gasteiger partial charge in [-0.1, -0.05) is 38.0 Å². The Labute approximate surface area is 132 Å². The molecule has 1 heterocycles. The van der Waals surface area contributed by atoms with E-state index in [1.165, 1.54) is 5.56 Å². The quantitative estimate of drug-likeness (QED) is 0.885. The summed E-state index contributed by atoms with van der Waals surface area (Å²) in [5.41, 5.74) is 3.82. The number of hydrogen-bond donors (Lipinski definition) is 1. The Hall–Kier alpha value is -2.10. The number of nitrogens with zero attached hydrogens (tertiary/aromatic N) is 2. The van der Waals surface area contributed by atoms with E-state index < -0.39 is 0 Å². The van der Waals surface area contributed by atoms with Crippen LogP contribution >= 0.6 is 0 Å². The second-order valence-corrected chi connectivity index (χ2v) is 5.77. The fourth-order valence-corrected chi connectivity index (χ4v) is 2.62. The Morgan fingerprint density at radius 2 is 1.95 bits per heavy atom. The lowest BCUT2D eigenvalue weighted by Gasteiger charge is -2.13. The third-order valence-electron chi connectivity index (χ3n) is 3.83. The summed E-state index contributed by atoms with van der Waals surface area (Å²) >= 11 is 0. The summed E-state index contributed by atoms with van der Waals surface area (Å²) in [6, 6.07) is 8.36. The predicted octanol–water partition coefficient (Wildman–Crippen LogP) is 3.66. The van der Waals surface area contributed by atoms with Crippen LogP contribution in [0.2, 0.25) is 0 Å². The number of nitrogens with one attached hydrogen (secondary N) is 1. The van der Waals surface area contributed by atoms with Crippen molar-refractivity contribution in [2.24, 2.45) is 0 Å². The van der Waals surface area contributed by atoms with Crippen LogP contribution in [0.15, 0.2) is 30.5 Å². The van der Waals surface area contributed by atoms with E-state index in [1.54, 1.807) is 6.20 Å². The van der Waals surface area contributed by atoms with E-state index >= 15 is 0 Å². The van der Waals surface area contributed by atoms with E-state index in [0.717, 1.165) is 30.6 Å². The number of aromatic nitrogens is 2. The Kier molecular flexibility index (Phi) is 5.36. The van der Waals surface area contributed by atoms with Gasteiger partial charge in [0.1, 0.15) is 0 Å². The van der Waals surface area contributed by atoms with Gasteiger partial charge in [0.25, 0.3) is 5.91 Å². The Balaban J connectivity index is 2.27. The highest BCUT2D eigenvalue weighted by Crippen LogP contribution is 2.16. The monoisotopic (exact) mass is 299 g/mol. The molecule has 1 amide bonds. The highest BCUT2D eigenvalue weighted by atomic mass is 16.1. The first kappa shape index (κ1) is 16.3. The molecule has 0 aliphatic rings. The largest absolute Gasteiger partial charge is 0.349 e. The van der Waals surface area contributed by atoms with Crippen LogP contribution in [0.5, 0.6) is 0 Å². The van der Waals surface area contributed by atoms with Gasteiger partial charge in [-0.3, -0.25) is 4.79 Å². The lowest BCUT2D eigenvalue weighted by Crippen LogP contribution is -2.32. The van der Waals surface area contributed by atoms with Crippen LogP contribution < -0.4 is 5.32 Å². The number of amides is 1. The molecule has 0 saturated carbocycles. The lowest BCUT2D eigenvalue weighted by atomic mass is 10.1. The molecule has 22 heavy (non-hydrogen) atoms. The number of rotatable bonds is 6. The summed E-state index contributed by atoms with van der Waals surface area (Å²) in [4.78, 5) is 12.4. The lowest BCUT2D eigenvalue weighted by molar-refractivity contribution is 0.0937.